The molecule has 4 atom stereocenters. The summed E-state index contributed by atoms with van der Waals surface area (Å²) in [6.45, 7) is -0.381. The number of nitro groups is 1. The molecule has 0 radical (unpaired) electrons. The van der Waals surface area contributed by atoms with E-state index in [2.05, 4.69) is 0 Å². The van der Waals surface area contributed by atoms with Gasteiger partial charge in [-0.05, 0) is 12.1 Å². The molecule has 0 aromatic heterocycles. The molecule has 1 aromatic rings. The second-order valence-corrected chi connectivity index (χ2v) is 5.84. The smallest absolute Gasteiger partial charge is 0.269 e. The van der Waals surface area contributed by atoms with Gasteiger partial charge in [-0.2, -0.15) is 0 Å². The van der Waals surface area contributed by atoms with Gasteiger partial charge in [0.2, 0.25) is 11.8 Å². The van der Waals surface area contributed by atoms with E-state index in [9.17, 15) is 24.8 Å². The maximum atomic E-state index is 12.7. The Bertz CT molecular complexity index is 758. The first-order valence-electron chi connectivity index (χ1n) is 7.09. The van der Waals surface area contributed by atoms with E-state index < -0.39 is 40.3 Å². The van der Waals surface area contributed by atoms with Gasteiger partial charge in [0, 0.05) is 12.1 Å². The van der Waals surface area contributed by atoms with Gasteiger partial charge >= 0.3 is 0 Å². The van der Waals surface area contributed by atoms with Gasteiger partial charge in [0.15, 0.2) is 0 Å². The van der Waals surface area contributed by atoms with Crippen molar-refractivity contribution in [3.05, 3.63) is 46.5 Å². The Morgan fingerprint density at radius 1 is 1.26 bits per heavy atom. The number of hydrogen-bond acceptors (Lipinski definition) is 6. The summed E-state index contributed by atoms with van der Waals surface area (Å²) in [5, 5.41) is 20.3. The average molecular weight is 316 g/mol. The lowest BCUT2D eigenvalue weighted by molar-refractivity contribution is -0.384. The molecule has 0 aliphatic carbocycles. The quantitative estimate of drug-likeness (QED) is 0.374. The number of ether oxygens (including phenoxy) is 1. The van der Waals surface area contributed by atoms with Crippen LogP contribution in [0.15, 0.2) is 36.4 Å². The lowest BCUT2D eigenvalue weighted by Gasteiger charge is -2.26. The van der Waals surface area contributed by atoms with Gasteiger partial charge in [-0.25, -0.2) is 4.90 Å². The Morgan fingerprint density at radius 2 is 1.96 bits per heavy atom. The molecule has 3 aliphatic rings. The summed E-state index contributed by atoms with van der Waals surface area (Å²) in [6, 6.07) is 5.23. The molecule has 8 nitrogen and oxygen atoms in total. The molecular weight excluding hydrogens is 304 g/mol. The van der Waals surface area contributed by atoms with Gasteiger partial charge in [-0.15, -0.1) is 0 Å². The number of non-ortho nitro benzene ring substituents is 1. The molecule has 2 bridgehead atoms. The summed E-state index contributed by atoms with van der Waals surface area (Å²) < 4.78 is 5.63. The number of aliphatic hydroxyl groups is 1. The van der Waals surface area contributed by atoms with E-state index in [1.165, 1.54) is 24.3 Å². The first-order chi connectivity index (χ1) is 11.0. The highest BCUT2D eigenvalue weighted by molar-refractivity contribution is 6.23. The monoisotopic (exact) mass is 316 g/mol. The molecule has 23 heavy (non-hydrogen) atoms. The third-order valence-electron chi connectivity index (χ3n) is 4.72. The predicted molar refractivity (Wildman–Crippen MR) is 76.4 cm³/mol. The topological polar surface area (TPSA) is 110 Å². The van der Waals surface area contributed by atoms with E-state index in [1.54, 1.807) is 12.2 Å². The van der Waals surface area contributed by atoms with Gasteiger partial charge < -0.3 is 9.84 Å². The second kappa shape index (κ2) is 4.46. The summed E-state index contributed by atoms with van der Waals surface area (Å²) >= 11 is 0. The number of anilines is 1. The Kier molecular flexibility index (Phi) is 2.72. The van der Waals surface area contributed by atoms with Crippen LogP contribution in [0.3, 0.4) is 0 Å². The van der Waals surface area contributed by atoms with Crippen LogP contribution in [-0.4, -0.2) is 40.2 Å². The van der Waals surface area contributed by atoms with E-state index in [0.29, 0.717) is 0 Å². The van der Waals surface area contributed by atoms with Crippen molar-refractivity contribution in [1.82, 2.24) is 0 Å². The zero-order valence-electron chi connectivity index (χ0n) is 11.8. The molecule has 3 aliphatic heterocycles. The predicted octanol–water partition coefficient (Wildman–Crippen LogP) is 0.400. The van der Waals surface area contributed by atoms with Crippen LogP contribution in [0.4, 0.5) is 11.4 Å². The van der Waals surface area contributed by atoms with Crippen molar-refractivity contribution in [3.63, 3.8) is 0 Å². The largest absolute Gasteiger partial charge is 0.393 e. The second-order valence-electron chi connectivity index (χ2n) is 5.84. The Hall–Kier alpha value is -2.58. The van der Waals surface area contributed by atoms with E-state index in [1.807, 2.05) is 0 Å². The summed E-state index contributed by atoms with van der Waals surface area (Å²) in [5.41, 5.74) is -0.977. The number of benzene rings is 1. The summed E-state index contributed by atoms with van der Waals surface area (Å²) in [6.07, 6.45) is 2.82. The summed E-state index contributed by atoms with van der Waals surface area (Å²) in [5.74, 6) is -2.27. The van der Waals surface area contributed by atoms with Gasteiger partial charge in [0.05, 0.1) is 35.2 Å². The SMILES string of the molecule is O=C1[C@H]2[C@@H]3C=C[C@](CO)(O3)[C@@H]2C(=O)N1c1ccc([N+](=O)[O-])cc1. The zero-order chi connectivity index (χ0) is 16.4. The highest BCUT2D eigenvalue weighted by Crippen LogP contribution is 2.52. The molecule has 0 spiro atoms. The van der Waals surface area contributed by atoms with Gasteiger partial charge in [0.1, 0.15) is 5.60 Å². The third kappa shape index (κ3) is 1.67. The first kappa shape index (κ1) is 14.0. The number of nitro benzene ring substituents is 1. The first-order valence-corrected chi connectivity index (χ1v) is 7.09. The van der Waals surface area contributed by atoms with Crippen molar-refractivity contribution in [3.8, 4) is 0 Å². The highest BCUT2D eigenvalue weighted by Gasteiger charge is 2.67. The van der Waals surface area contributed by atoms with Crippen LogP contribution >= 0.6 is 0 Å². The fourth-order valence-corrected chi connectivity index (χ4v) is 3.66. The molecule has 3 heterocycles. The number of carbonyl (C=O) groups is 2. The number of fused-ring (bicyclic) bond motifs is 5. The van der Waals surface area contributed by atoms with Crippen LogP contribution in [0.25, 0.3) is 0 Å². The number of hydrogen-bond donors (Lipinski definition) is 1. The molecule has 0 unspecified atom stereocenters. The summed E-state index contributed by atoms with van der Waals surface area (Å²) in [4.78, 5) is 36.5. The van der Waals surface area contributed by atoms with Gasteiger partial charge in [-0.1, -0.05) is 12.2 Å². The van der Waals surface area contributed by atoms with E-state index in [0.717, 1.165) is 4.90 Å². The molecule has 4 rings (SSSR count). The Morgan fingerprint density at radius 3 is 2.57 bits per heavy atom. The molecule has 8 heteroatoms. The van der Waals surface area contributed by atoms with Crippen molar-refractivity contribution in [2.75, 3.05) is 11.5 Å². The molecule has 0 saturated carbocycles. The molecule has 118 valence electrons. The average Bonchev–Trinajstić information content (AvgIpc) is 3.19. The van der Waals surface area contributed by atoms with Crippen molar-refractivity contribution < 1.29 is 24.4 Å². The van der Waals surface area contributed by atoms with Crippen LogP contribution in [0, 0.1) is 22.0 Å². The van der Waals surface area contributed by atoms with Gasteiger partial charge in [0.25, 0.3) is 5.69 Å². The minimum absolute atomic E-state index is 0.120. The maximum absolute atomic E-state index is 12.7. The minimum atomic E-state index is -1.14. The maximum Gasteiger partial charge on any atom is 0.269 e. The summed E-state index contributed by atoms with van der Waals surface area (Å²) in [7, 11) is 0. The standard InChI is InChI=1S/C15H12N2O6/c18-7-15-6-5-10(23-15)11-12(15)14(20)16(13(11)19)8-1-3-9(4-2-8)17(21)22/h1-6,10-12,18H,7H2/t10-,11-,12-,15+/m0/s1. The zero-order valence-corrected chi connectivity index (χ0v) is 11.8. The van der Waals surface area contributed by atoms with E-state index >= 15 is 0 Å². The van der Waals surface area contributed by atoms with E-state index in [4.69, 9.17) is 4.74 Å². The fraction of sp³-hybridized carbons (Fsp3) is 0.333. The van der Waals surface area contributed by atoms with E-state index in [-0.39, 0.29) is 18.0 Å². The molecule has 2 fully saturated rings. The van der Waals surface area contributed by atoms with Crippen LogP contribution in [0.1, 0.15) is 0 Å². The fourth-order valence-electron chi connectivity index (χ4n) is 3.66. The molecule has 2 amide bonds. The molecule has 1 aromatic carbocycles. The highest BCUT2D eigenvalue weighted by atomic mass is 16.6. The van der Waals surface area contributed by atoms with Crippen LogP contribution in [0.2, 0.25) is 0 Å². The van der Waals surface area contributed by atoms with Crippen LogP contribution in [0.5, 0.6) is 0 Å². The number of imide groups is 1. The lowest BCUT2D eigenvalue weighted by Crippen LogP contribution is -2.43. The number of amides is 2. The van der Waals surface area contributed by atoms with Crippen LogP contribution < -0.4 is 4.90 Å². The Balaban J connectivity index is 1.72. The van der Waals surface area contributed by atoms with Crippen molar-refractivity contribution in [2.24, 2.45) is 11.8 Å². The molecule has 1 N–H and O–H groups in total. The lowest BCUT2D eigenvalue weighted by atomic mass is 9.77. The molecule has 2 saturated heterocycles. The van der Waals surface area contributed by atoms with Crippen molar-refractivity contribution >= 4 is 23.2 Å². The van der Waals surface area contributed by atoms with Gasteiger partial charge in [-0.3, -0.25) is 19.7 Å². The van der Waals surface area contributed by atoms with Crippen molar-refractivity contribution in [1.29, 1.82) is 0 Å². The number of carbonyl (C=O) groups excluding carboxylic acids is 2. The minimum Gasteiger partial charge on any atom is -0.393 e. The number of nitrogens with zero attached hydrogens (tertiary/aromatic N) is 2. The van der Waals surface area contributed by atoms with Crippen LogP contribution in [-0.2, 0) is 14.3 Å². The van der Waals surface area contributed by atoms with Crippen molar-refractivity contribution in [2.45, 2.75) is 11.7 Å². The number of aliphatic hydroxyl groups excluding tert-OH is 1. The third-order valence-corrected chi connectivity index (χ3v) is 4.72. The molecular formula is C15H12N2O6. The normalized spacial score (nSPS) is 34.3. The number of rotatable bonds is 3. The Labute approximate surface area is 130 Å².